The number of hydrogen-bond donors (Lipinski definition) is 12. The molecule has 0 bridgehead atoms. The van der Waals surface area contributed by atoms with Crippen LogP contribution >= 0.6 is 0 Å². The van der Waals surface area contributed by atoms with Crippen LogP contribution in [0.15, 0.2) is 60.8 Å². The van der Waals surface area contributed by atoms with Gasteiger partial charge in [0.2, 0.25) is 5.91 Å². The van der Waals surface area contributed by atoms with Crippen molar-refractivity contribution >= 4 is 5.91 Å². The molecule has 3 aliphatic heterocycles. The third-order valence-corrected chi connectivity index (χ3v) is 22.0. The van der Waals surface area contributed by atoms with Crippen molar-refractivity contribution in [1.82, 2.24) is 5.32 Å². The molecule has 1 amide bonds. The fraction of sp³-hybridized carbons (Fsp3) is 0.876. The lowest BCUT2D eigenvalue weighted by Gasteiger charge is -2.48. The first-order chi connectivity index (χ1) is 52.8. The highest BCUT2D eigenvalue weighted by atomic mass is 16.8. The second-order valence-corrected chi connectivity index (χ2v) is 31.7. The van der Waals surface area contributed by atoms with Gasteiger partial charge in [0, 0.05) is 6.42 Å². The Bertz CT molecular complexity index is 2180. The van der Waals surface area contributed by atoms with Gasteiger partial charge in [-0.15, -0.1) is 0 Å². The summed E-state index contributed by atoms with van der Waals surface area (Å²) in [5.41, 5.74) is 0. The van der Waals surface area contributed by atoms with Crippen molar-refractivity contribution in [3.05, 3.63) is 60.8 Å². The van der Waals surface area contributed by atoms with Crippen LogP contribution in [0.25, 0.3) is 0 Å². The highest BCUT2D eigenvalue weighted by Gasteiger charge is 2.54. The highest BCUT2D eigenvalue weighted by Crippen LogP contribution is 2.33. The van der Waals surface area contributed by atoms with E-state index >= 15 is 0 Å². The van der Waals surface area contributed by atoms with Crippen LogP contribution in [0.5, 0.6) is 0 Å². The number of allylic oxidation sites excluding steroid dienone is 9. The van der Waals surface area contributed by atoms with Gasteiger partial charge in [-0.1, -0.05) is 344 Å². The predicted octanol–water partition coefficient (Wildman–Crippen LogP) is 16.6. The van der Waals surface area contributed by atoms with Gasteiger partial charge in [0.05, 0.1) is 38.6 Å². The number of nitrogens with one attached hydrogen (secondary N) is 1. The molecule has 3 heterocycles. The molecule has 19 heteroatoms. The van der Waals surface area contributed by atoms with Crippen molar-refractivity contribution in [3.8, 4) is 0 Å². The number of carbonyl (C=O) groups is 1. The standard InChI is InChI=1S/C89H163NO18/c1-3-5-7-9-11-13-15-17-19-21-23-25-27-29-31-33-35-37-38-40-42-44-46-48-50-52-54-56-58-60-62-64-66-73(94)72(90-77(95)67-65-63-61-59-57-55-53-51-49-47-45-43-41-39-36-34-32-30-28-26-24-22-20-18-16-14-12-10-8-6-4-2)71-103-87-83(101)80(98)85(75(69-92)105-87)108-89-84(102)81(99)86(76(70-93)106-89)107-88-82(100)79(97)78(96)74(68-91)104-88/h16,18,22,24,48,50,56,58,64,66,72-76,78-89,91-94,96-102H,3-15,17,19-21,23,25-47,49,51-55,57,59-63,65,67-71H2,1-2H3,(H,90,95)/b18-16-,24-22-,50-48+,58-56+,66-64+. The smallest absolute Gasteiger partial charge is 0.220 e. The van der Waals surface area contributed by atoms with Crippen LogP contribution in [-0.2, 0) is 33.2 Å². The Hall–Kier alpha value is -2.51. The molecule has 108 heavy (non-hydrogen) atoms. The predicted molar refractivity (Wildman–Crippen MR) is 434 cm³/mol. The summed E-state index contributed by atoms with van der Waals surface area (Å²) in [6.07, 6.45) is 63.8. The van der Waals surface area contributed by atoms with Crippen LogP contribution in [0.1, 0.15) is 367 Å². The Kier molecular flexibility index (Phi) is 63.6. The van der Waals surface area contributed by atoms with Crippen LogP contribution < -0.4 is 5.32 Å². The summed E-state index contributed by atoms with van der Waals surface area (Å²) in [7, 11) is 0. The zero-order valence-electron chi connectivity index (χ0n) is 68.1. The van der Waals surface area contributed by atoms with Crippen molar-refractivity contribution in [3.63, 3.8) is 0 Å². The Balaban J connectivity index is 1.35. The van der Waals surface area contributed by atoms with E-state index in [0.29, 0.717) is 12.8 Å². The number of aliphatic hydroxyl groups is 11. The Morgan fingerprint density at radius 1 is 0.333 bits per heavy atom. The monoisotopic (exact) mass is 1530 g/mol. The molecule has 0 radical (unpaired) electrons. The van der Waals surface area contributed by atoms with E-state index in [1.54, 1.807) is 6.08 Å². The molecule has 0 saturated carbocycles. The van der Waals surface area contributed by atoms with Gasteiger partial charge in [-0.25, -0.2) is 0 Å². The highest BCUT2D eigenvalue weighted by molar-refractivity contribution is 5.76. The van der Waals surface area contributed by atoms with Crippen LogP contribution in [-0.4, -0.2) is 193 Å². The summed E-state index contributed by atoms with van der Waals surface area (Å²) in [6.45, 7) is 1.75. The van der Waals surface area contributed by atoms with Crippen LogP contribution in [0.2, 0.25) is 0 Å². The molecule has 0 aliphatic carbocycles. The molecule has 0 aromatic carbocycles. The topological polar surface area (TPSA) is 307 Å². The summed E-state index contributed by atoms with van der Waals surface area (Å²) < 4.78 is 34.5. The number of unbranched alkanes of at least 4 members (excludes halogenated alkanes) is 48. The van der Waals surface area contributed by atoms with Crippen molar-refractivity contribution in [2.75, 3.05) is 26.4 Å². The summed E-state index contributed by atoms with van der Waals surface area (Å²) in [6, 6.07) is -1.000. The zero-order valence-corrected chi connectivity index (χ0v) is 68.1. The van der Waals surface area contributed by atoms with E-state index in [4.69, 9.17) is 28.4 Å². The average molecular weight is 1540 g/mol. The minimum Gasteiger partial charge on any atom is -0.394 e. The van der Waals surface area contributed by atoms with Gasteiger partial charge in [0.1, 0.15) is 73.2 Å². The number of hydrogen-bond acceptors (Lipinski definition) is 18. The van der Waals surface area contributed by atoms with E-state index < -0.39 is 124 Å². The first-order valence-corrected chi connectivity index (χ1v) is 44.5. The third-order valence-electron chi connectivity index (χ3n) is 22.0. The molecule has 12 N–H and O–H groups in total. The number of aliphatic hydroxyl groups excluding tert-OH is 11. The second-order valence-electron chi connectivity index (χ2n) is 31.7. The zero-order chi connectivity index (χ0) is 78.1. The molecular weight excluding hydrogens is 1370 g/mol. The van der Waals surface area contributed by atoms with E-state index in [2.05, 4.69) is 67.8 Å². The molecule has 3 rings (SSSR count). The van der Waals surface area contributed by atoms with Crippen molar-refractivity contribution in [1.29, 1.82) is 0 Å². The van der Waals surface area contributed by atoms with Crippen molar-refractivity contribution < 1.29 is 89.4 Å². The summed E-state index contributed by atoms with van der Waals surface area (Å²) in [5.74, 6) is -0.284. The molecule has 3 saturated heterocycles. The molecule has 0 spiro atoms. The van der Waals surface area contributed by atoms with Crippen LogP contribution in [0.3, 0.4) is 0 Å². The molecule has 19 nitrogen and oxygen atoms in total. The Labute approximate surface area is 656 Å². The van der Waals surface area contributed by atoms with E-state index in [9.17, 15) is 61.0 Å². The maximum Gasteiger partial charge on any atom is 0.220 e. The van der Waals surface area contributed by atoms with Gasteiger partial charge in [-0.3, -0.25) is 4.79 Å². The number of carbonyl (C=O) groups excluding carboxylic acids is 1. The summed E-state index contributed by atoms with van der Waals surface area (Å²) >= 11 is 0. The average Bonchev–Trinajstić information content (AvgIpc) is 0.779. The van der Waals surface area contributed by atoms with Gasteiger partial charge < -0.3 is 89.9 Å². The molecule has 0 aromatic heterocycles. The lowest BCUT2D eigenvalue weighted by Crippen LogP contribution is -2.66. The van der Waals surface area contributed by atoms with Gasteiger partial charge in [-0.05, 0) is 77.0 Å². The number of ether oxygens (including phenoxy) is 6. The van der Waals surface area contributed by atoms with Crippen LogP contribution in [0.4, 0.5) is 0 Å². The quantitative estimate of drug-likeness (QED) is 0.0199. The fourth-order valence-corrected chi connectivity index (χ4v) is 14.9. The molecule has 17 atom stereocenters. The third kappa shape index (κ3) is 47.4. The molecule has 0 aromatic rings. The lowest BCUT2D eigenvalue weighted by atomic mass is 9.96. The maximum atomic E-state index is 13.5. The van der Waals surface area contributed by atoms with E-state index in [1.165, 1.54) is 283 Å². The van der Waals surface area contributed by atoms with E-state index in [0.717, 1.165) is 51.4 Å². The number of amides is 1. The van der Waals surface area contributed by atoms with Gasteiger partial charge in [0.25, 0.3) is 0 Å². The van der Waals surface area contributed by atoms with E-state index in [1.807, 2.05) is 6.08 Å². The van der Waals surface area contributed by atoms with Gasteiger partial charge >= 0.3 is 0 Å². The SMILES string of the molecule is CCCCCCC/C=C\C/C=C\CCCCCCCCCCCCCCCCCCCCCC(=O)NC(COC1OC(CO)C(OC2OC(CO)C(OC3OC(CO)C(O)C(O)C3O)C(O)C2O)C(O)C1O)C(O)/C=C/CC/C=C/CC/C=C/CCCCCCCCCCCCCCCCCCCCCCCC. The summed E-state index contributed by atoms with van der Waals surface area (Å²) in [5, 5.41) is 121. The molecule has 17 unspecified atom stereocenters. The second kappa shape index (κ2) is 68.9. The van der Waals surface area contributed by atoms with E-state index in [-0.39, 0.29) is 18.9 Å². The first kappa shape index (κ1) is 99.7. The summed E-state index contributed by atoms with van der Waals surface area (Å²) in [4.78, 5) is 13.5. The van der Waals surface area contributed by atoms with Gasteiger partial charge in [0.15, 0.2) is 18.9 Å². The van der Waals surface area contributed by atoms with Crippen molar-refractivity contribution in [2.45, 2.75) is 471 Å². The fourth-order valence-electron chi connectivity index (χ4n) is 14.9. The minimum atomic E-state index is -1.98. The molecule has 632 valence electrons. The maximum absolute atomic E-state index is 13.5. The van der Waals surface area contributed by atoms with Crippen LogP contribution in [0, 0.1) is 0 Å². The Morgan fingerprint density at radius 3 is 0.981 bits per heavy atom. The number of rotatable bonds is 72. The van der Waals surface area contributed by atoms with Gasteiger partial charge in [-0.2, -0.15) is 0 Å². The minimum absolute atomic E-state index is 0.233. The molecule has 3 aliphatic rings. The lowest BCUT2D eigenvalue weighted by molar-refractivity contribution is -0.379. The molecule has 3 fully saturated rings. The van der Waals surface area contributed by atoms with Crippen molar-refractivity contribution in [2.24, 2.45) is 0 Å². The Morgan fingerprint density at radius 2 is 0.620 bits per heavy atom. The first-order valence-electron chi connectivity index (χ1n) is 44.5. The largest absolute Gasteiger partial charge is 0.394 e. The molecular formula is C89H163NO18. The normalized spacial score (nSPS) is 25.7.